The maximum Gasteiger partial charge on any atom is 0.204 e. The minimum atomic E-state index is -0.525. The standard InChI is InChI=1S/C16H20F2N4O/c1-21(2)16-20-9-10(22(16)3)8-19-13-6-7-23-15-12(18)5-4-11(17)14(13)15/h4-5,9,13,19H,6-8H2,1-3H3/t13-/m1/s1. The fourth-order valence-corrected chi connectivity index (χ4v) is 2.89. The zero-order chi connectivity index (χ0) is 16.6. The van der Waals surface area contributed by atoms with Crippen LogP contribution in [0.2, 0.25) is 0 Å². The number of fused-ring (bicyclic) bond motifs is 1. The summed E-state index contributed by atoms with van der Waals surface area (Å²) in [5.41, 5.74) is 1.24. The summed E-state index contributed by atoms with van der Waals surface area (Å²) < 4.78 is 35.2. The van der Waals surface area contributed by atoms with E-state index in [0.29, 0.717) is 19.6 Å². The average Bonchev–Trinajstić information content (AvgIpc) is 2.90. The number of benzene rings is 1. The van der Waals surface area contributed by atoms with Gasteiger partial charge >= 0.3 is 0 Å². The van der Waals surface area contributed by atoms with Crippen molar-refractivity contribution in [2.75, 3.05) is 25.6 Å². The molecule has 1 aliphatic rings. The van der Waals surface area contributed by atoms with Gasteiger partial charge < -0.3 is 19.5 Å². The number of aromatic nitrogens is 2. The monoisotopic (exact) mass is 322 g/mol. The van der Waals surface area contributed by atoms with Crippen molar-refractivity contribution in [1.82, 2.24) is 14.9 Å². The van der Waals surface area contributed by atoms with Gasteiger partial charge in [0, 0.05) is 45.7 Å². The van der Waals surface area contributed by atoms with Crippen molar-refractivity contribution >= 4 is 5.95 Å². The van der Waals surface area contributed by atoms with Crippen molar-refractivity contribution in [3.63, 3.8) is 0 Å². The Hall–Kier alpha value is -2.15. The van der Waals surface area contributed by atoms with Crippen LogP contribution in [0.5, 0.6) is 5.75 Å². The summed E-state index contributed by atoms with van der Waals surface area (Å²) in [5, 5.41) is 3.29. The summed E-state index contributed by atoms with van der Waals surface area (Å²) in [6.45, 7) is 0.872. The van der Waals surface area contributed by atoms with E-state index in [2.05, 4.69) is 10.3 Å². The van der Waals surface area contributed by atoms with Gasteiger partial charge in [-0.1, -0.05) is 0 Å². The van der Waals surface area contributed by atoms with E-state index in [1.807, 2.05) is 30.6 Å². The van der Waals surface area contributed by atoms with Gasteiger partial charge in [0.1, 0.15) is 5.82 Å². The van der Waals surface area contributed by atoms with Crippen LogP contribution in [-0.4, -0.2) is 30.3 Å². The molecule has 0 amide bonds. The van der Waals surface area contributed by atoms with Crippen LogP contribution in [-0.2, 0) is 13.6 Å². The molecule has 5 nitrogen and oxygen atoms in total. The molecule has 0 unspecified atom stereocenters. The molecule has 0 saturated carbocycles. The van der Waals surface area contributed by atoms with Crippen LogP contribution in [0, 0.1) is 11.6 Å². The predicted molar refractivity (Wildman–Crippen MR) is 83.6 cm³/mol. The Balaban J connectivity index is 1.80. The summed E-state index contributed by atoms with van der Waals surface area (Å²) in [4.78, 5) is 6.26. The Morgan fingerprint density at radius 3 is 2.78 bits per heavy atom. The van der Waals surface area contributed by atoms with Crippen molar-refractivity contribution in [3.8, 4) is 5.75 Å². The van der Waals surface area contributed by atoms with Gasteiger partial charge in [0.25, 0.3) is 0 Å². The first-order valence-electron chi connectivity index (χ1n) is 7.51. The van der Waals surface area contributed by atoms with Crippen LogP contribution in [0.3, 0.4) is 0 Å². The number of ether oxygens (including phenoxy) is 1. The van der Waals surface area contributed by atoms with Gasteiger partial charge in [0.05, 0.1) is 18.5 Å². The van der Waals surface area contributed by atoms with E-state index in [0.717, 1.165) is 23.8 Å². The molecule has 2 aromatic rings. The van der Waals surface area contributed by atoms with E-state index in [4.69, 9.17) is 4.74 Å². The second-order valence-corrected chi connectivity index (χ2v) is 5.85. The molecule has 1 aromatic carbocycles. The maximum atomic E-state index is 14.1. The van der Waals surface area contributed by atoms with Gasteiger partial charge in [-0.05, 0) is 12.1 Å². The topological polar surface area (TPSA) is 42.3 Å². The molecule has 1 aromatic heterocycles. The third kappa shape index (κ3) is 2.88. The lowest BCUT2D eigenvalue weighted by molar-refractivity contribution is 0.234. The molecule has 0 spiro atoms. The first kappa shape index (κ1) is 15.7. The molecule has 1 N–H and O–H groups in total. The Kier molecular flexibility index (Phi) is 4.21. The van der Waals surface area contributed by atoms with Crippen LogP contribution in [0.1, 0.15) is 23.7 Å². The first-order chi connectivity index (χ1) is 11.0. The maximum absolute atomic E-state index is 14.1. The minimum absolute atomic E-state index is 0.0211. The number of rotatable bonds is 4. The molecule has 1 atom stereocenters. The molecule has 124 valence electrons. The van der Waals surface area contributed by atoms with Crippen molar-refractivity contribution < 1.29 is 13.5 Å². The Labute approximate surface area is 133 Å². The molecule has 23 heavy (non-hydrogen) atoms. The second kappa shape index (κ2) is 6.16. The summed E-state index contributed by atoms with van der Waals surface area (Å²) in [6.07, 6.45) is 2.37. The summed E-state index contributed by atoms with van der Waals surface area (Å²) in [5.74, 6) is -0.111. The van der Waals surface area contributed by atoms with E-state index in [1.165, 1.54) is 0 Å². The predicted octanol–water partition coefficient (Wildman–Crippen LogP) is 2.38. The molecule has 1 aliphatic heterocycles. The van der Waals surface area contributed by atoms with Crippen LogP contribution >= 0.6 is 0 Å². The van der Waals surface area contributed by atoms with Crippen molar-refractivity contribution in [1.29, 1.82) is 0 Å². The molecule has 0 bridgehead atoms. The fourth-order valence-electron chi connectivity index (χ4n) is 2.89. The molecule has 0 aliphatic carbocycles. The lowest BCUT2D eigenvalue weighted by Gasteiger charge is -2.27. The second-order valence-electron chi connectivity index (χ2n) is 5.85. The van der Waals surface area contributed by atoms with Gasteiger partial charge in [-0.2, -0.15) is 0 Å². The molecule has 2 heterocycles. The quantitative estimate of drug-likeness (QED) is 0.938. The summed E-state index contributed by atoms with van der Waals surface area (Å²) >= 11 is 0. The molecule has 3 rings (SSSR count). The van der Waals surface area contributed by atoms with E-state index in [-0.39, 0.29) is 17.4 Å². The van der Waals surface area contributed by atoms with Gasteiger partial charge in [-0.15, -0.1) is 0 Å². The molecular weight excluding hydrogens is 302 g/mol. The number of hydrogen-bond acceptors (Lipinski definition) is 4. The van der Waals surface area contributed by atoms with Crippen LogP contribution < -0.4 is 15.0 Å². The third-order valence-corrected chi connectivity index (χ3v) is 4.09. The molecule has 0 radical (unpaired) electrons. The highest BCUT2D eigenvalue weighted by Crippen LogP contribution is 2.36. The van der Waals surface area contributed by atoms with Crippen molar-refractivity contribution in [3.05, 3.63) is 41.2 Å². The smallest absolute Gasteiger partial charge is 0.204 e. The SMILES string of the molecule is CN(C)c1ncc(CN[C@@H]2CCOc3c(F)ccc(F)c32)n1C. The zero-order valence-electron chi connectivity index (χ0n) is 13.4. The van der Waals surface area contributed by atoms with E-state index in [1.54, 1.807) is 6.20 Å². The Bertz CT molecular complexity index is 714. The highest BCUT2D eigenvalue weighted by atomic mass is 19.1. The number of imidazole rings is 1. The molecular formula is C16H20F2N4O. The zero-order valence-corrected chi connectivity index (χ0v) is 13.4. The fraction of sp³-hybridized carbons (Fsp3) is 0.438. The van der Waals surface area contributed by atoms with Gasteiger partial charge in [-0.25, -0.2) is 13.8 Å². The Morgan fingerprint density at radius 1 is 1.35 bits per heavy atom. The van der Waals surface area contributed by atoms with E-state index < -0.39 is 11.6 Å². The molecule has 0 fully saturated rings. The number of hydrogen-bond donors (Lipinski definition) is 1. The van der Waals surface area contributed by atoms with Crippen LogP contribution in [0.4, 0.5) is 14.7 Å². The normalized spacial score (nSPS) is 16.8. The van der Waals surface area contributed by atoms with Gasteiger partial charge in [0.2, 0.25) is 5.95 Å². The highest BCUT2D eigenvalue weighted by molar-refractivity contribution is 5.40. The average molecular weight is 322 g/mol. The summed E-state index contributed by atoms with van der Waals surface area (Å²) in [6, 6.07) is 1.96. The van der Waals surface area contributed by atoms with E-state index in [9.17, 15) is 8.78 Å². The van der Waals surface area contributed by atoms with Gasteiger partial charge in [-0.3, -0.25) is 0 Å². The van der Waals surface area contributed by atoms with Crippen LogP contribution in [0.25, 0.3) is 0 Å². The first-order valence-corrected chi connectivity index (χ1v) is 7.51. The van der Waals surface area contributed by atoms with Crippen molar-refractivity contribution in [2.45, 2.75) is 19.0 Å². The van der Waals surface area contributed by atoms with Gasteiger partial charge in [0.15, 0.2) is 11.6 Å². The number of anilines is 1. The lowest BCUT2D eigenvalue weighted by atomic mass is 9.99. The summed E-state index contributed by atoms with van der Waals surface area (Å²) in [7, 11) is 5.77. The van der Waals surface area contributed by atoms with Crippen molar-refractivity contribution in [2.24, 2.45) is 7.05 Å². The largest absolute Gasteiger partial charge is 0.490 e. The lowest BCUT2D eigenvalue weighted by Crippen LogP contribution is -2.29. The molecule has 0 saturated heterocycles. The highest BCUT2D eigenvalue weighted by Gasteiger charge is 2.27. The third-order valence-electron chi connectivity index (χ3n) is 4.09. The number of halogens is 2. The minimum Gasteiger partial charge on any atom is -0.490 e. The number of nitrogens with one attached hydrogen (secondary N) is 1. The van der Waals surface area contributed by atoms with Crippen LogP contribution in [0.15, 0.2) is 18.3 Å². The molecule has 7 heteroatoms. The Morgan fingerprint density at radius 2 is 2.09 bits per heavy atom. The number of nitrogens with zero attached hydrogens (tertiary/aromatic N) is 3. The van der Waals surface area contributed by atoms with E-state index >= 15 is 0 Å².